The monoisotopic (exact) mass is 277 g/mol. The van der Waals surface area contributed by atoms with Gasteiger partial charge in [-0.2, -0.15) is 0 Å². The van der Waals surface area contributed by atoms with Crippen molar-refractivity contribution in [2.45, 2.75) is 6.61 Å². The molecule has 0 spiro atoms. The highest BCUT2D eigenvalue weighted by molar-refractivity contribution is 6.30. The van der Waals surface area contributed by atoms with Crippen LogP contribution in [0.4, 0.5) is 11.4 Å². The number of benzene rings is 2. The number of nitrogens with zero attached hydrogens (tertiary/aromatic N) is 1. The lowest BCUT2D eigenvalue weighted by molar-refractivity contribution is 0.282. The Morgan fingerprint density at radius 3 is 2.68 bits per heavy atom. The molecule has 0 aliphatic carbocycles. The predicted octanol–water partition coefficient (Wildman–Crippen LogP) is 3.61. The minimum atomic E-state index is -0.0270. The first-order valence-electron chi connectivity index (χ1n) is 5.92. The van der Waals surface area contributed by atoms with E-state index in [4.69, 9.17) is 16.3 Å². The van der Waals surface area contributed by atoms with Gasteiger partial charge in [-0.25, -0.2) is 0 Å². The fourth-order valence-electron chi connectivity index (χ4n) is 1.94. The molecule has 0 aliphatic rings. The third kappa shape index (κ3) is 3.00. The zero-order valence-electron chi connectivity index (χ0n) is 10.9. The molecule has 0 fully saturated rings. The van der Waals surface area contributed by atoms with Crippen LogP contribution < -0.4 is 9.64 Å². The number of ether oxygens (including phenoxy) is 1. The van der Waals surface area contributed by atoms with Crippen LogP contribution in [0.3, 0.4) is 0 Å². The van der Waals surface area contributed by atoms with E-state index in [1.807, 2.05) is 48.3 Å². The van der Waals surface area contributed by atoms with Gasteiger partial charge in [0.15, 0.2) is 0 Å². The third-order valence-electron chi connectivity index (χ3n) is 3.02. The highest BCUT2D eigenvalue weighted by atomic mass is 35.5. The molecule has 4 heteroatoms. The van der Waals surface area contributed by atoms with Gasteiger partial charge in [-0.05, 0) is 24.3 Å². The van der Waals surface area contributed by atoms with Crippen molar-refractivity contribution in [1.29, 1.82) is 0 Å². The van der Waals surface area contributed by atoms with E-state index in [-0.39, 0.29) is 6.61 Å². The van der Waals surface area contributed by atoms with Crippen molar-refractivity contribution in [3.8, 4) is 5.75 Å². The Morgan fingerprint density at radius 2 is 2.00 bits per heavy atom. The molecule has 0 amide bonds. The first-order valence-corrected chi connectivity index (χ1v) is 6.30. The van der Waals surface area contributed by atoms with Gasteiger partial charge in [0.05, 0.1) is 13.7 Å². The van der Waals surface area contributed by atoms with Crippen LogP contribution in [-0.2, 0) is 6.61 Å². The van der Waals surface area contributed by atoms with E-state index in [1.54, 1.807) is 13.2 Å². The topological polar surface area (TPSA) is 32.7 Å². The van der Waals surface area contributed by atoms with Crippen molar-refractivity contribution < 1.29 is 9.84 Å². The lowest BCUT2D eigenvalue weighted by Gasteiger charge is -2.22. The van der Waals surface area contributed by atoms with E-state index in [2.05, 4.69) is 0 Å². The van der Waals surface area contributed by atoms with Crippen molar-refractivity contribution >= 4 is 23.0 Å². The summed E-state index contributed by atoms with van der Waals surface area (Å²) in [6, 6.07) is 13.2. The number of halogens is 1. The van der Waals surface area contributed by atoms with Crippen LogP contribution in [0, 0.1) is 0 Å². The molecule has 2 aromatic rings. The molecule has 0 aromatic heterocycles. The molecule has 0 radical (unpaired) electrons. The minimum Gasteiger partial charge on any atom is -0.497 e. The van der Waals surface area contributed by atoms with Gasteiger partial charge in [-0.1, -0.05) is 23.7 Å². The summed E-state index contributed by atoms with van der Waals surface area (Å²) < 4.78 is 5.22. The second-order valence-corrected chi connectivity index (χ2v) is 4.63. The summed E-state index contributed by atoms with van der Waals surface area (Å²) in [6.07, 6.45) is 0. The summed E-state index contributed by atoms with van der Waals surface area (Å²) in [5.41, 5.74) is 2.68. The van der Waals surface area contributed by atoms with Gasteiger partial charge in [-0.3, -0.25) is 0 Å². The Bertz CT molecular complexity index is 572. The molecule has 19 heavy (non-hydrogen) atoms. The highest BCUT2D eigenvalue weighted by Gasteiger charge is 2.10. The molecular weight excluding hydrogens is 262 g/mol. The Balaban J connectivity index is 2.42. The molecule has 0 aliphatic heterocycles. The number of rotatable bonds is 4. The molecule has 0 saturated heterocycles. The predicted molar refractivity (Wildman–Crippen MR) is 78.4 cm³/mol. The van der Waals surface area contributed by atoms with Crippen LogP contribution in [-0.4, -0.2) is 19.3 Å². The largest absolute Gasteiger partial charge is 0.497 e. The number of hydrogen-bond donors (Lipinski definition) is 1. The van der Waals surface area contributed by atoms with E-state index < -0.39 is 0 Å². The number of anilines is 2. The third-order valence-corrected chi connectivity index (χ3v) is 3.25. The van der Waals surface area contributed by atoms with Crippen molar-refractivity contribution in [3.05, 3.63) is 53.1 Å². The number of methoxy groups -OCH3 is 1. The van der Waals surface area contributed by atoms with Gasteiger partial charge >= 0.3 is 0 Å². The normalized spacial score (nSPS) is 10.3. The van der Waals surface area contributed by atoms with E-state index in [0.29, 0.717) is 5.02 Å². The maximum Gasteiger partial charge on any atom is 0.120 e. The van der Waals surface area contributed by atoms with E-state index in [1.165, 1.54) is 0 Å². The zero-order valence-corrected chi connectivity index (χ0v) is 11.7. The number of hydrogen-bond acceptors (Lipinski definition) is 3. The first kappa shape index (κ1) is 13.7. The molecule has 3 nitrogen and oxygen atoms in total. The van der Waals surface area contributed by atoms with Crippen LogP contribution in [0.2, 0.25) is 5.02 Å². The van der Waals surface area contributed by atoms with Gasteiger partial charge in [0.2, 0.25) is 0 Å². The Labute approximate surface area is 118 Å². The Kier molecular flexibility index (Phi) is 4.30. The SMILES string of the molecule is COc1cccc(N(C)c2cc(Cl)ccc2CO)c1. The molecule has 1 N–H and O–H groups in total. The van der Waals surface area contributed by atoms with Crippen molar-refractivity contribution in [3.63, 3.8) is 0 Å². The number of aliphatic hydroxyl groups is 1. The van der Waals surface area contributed by atoms with E-state index in [0.717, 1.165) is 22.7 Å². The van der Waals surface area contributed by atoms with Gasteiger partial charge in [0.1, 0.15) is 5.75 Å². The summed E-state index contributed by atoms with van der Waals surface area (Å²) >= 11 is 6.03. The van der Waals surface area contributed by atoms with Crippen molar-refractivity contribution in [2.75, 3.05) is 19.1 Å². The van der Waals surface area contributed by atoms with Crippen LogP contribution in [0.15, 0.2) is 42.5 Å². The zero-order chi connectivity index (χ0) is 13.8. The Morgan fingerprint density at radius 1 is 1.21 bits per heavy atom. The summed E-state index contributed by atoms with van der Waals surface area (Å²) in [6.45, 7) is -0.0270. The van der Waals surface area contributed by atoms with Crippen molar-refractivity contribution in [2.24, 2.45) is 0 Å². The molecule has 100 valence electrons. The van der Waals surface area contributed by atoms with Gasteiger partial charge in [0.25, 0.3) is 0 Å². The maximum absolute atomic E-state index is 9.41. The summed E-state index contributed by atoms with van der Waals surface area (Å²) in [5, 5.41) is 10.1. The quantitative estimate of drug-likeness (QED) is 0.927. The summed E-state index contributed by atoms with van der Waals surface area (Å²) in [4.78, 5) is 1.97. The lowest BCUT2D eigenvalue weighted by Crippen LogP contribution is -2.12. The lowest BCUT2D eigenvalue weighted by atomic mass is 10.1. The molecule has 0 heterocycles. The van der Waals surface area contributed by atoms with Gasteiger partial charge in [-0.15, -0.1) is 0 Å². The molecule has 0 unspecified atom stereocenters. The second-order valence-electron chi connectivity index (χ2n) is 4.19. The highest BCUT2D eigenvalue weighted by Crippen LogP contribution is 2.31. The fourth-order valence-corrected chi connectivity index (χ4v) is 2.11. The summed E-state index contributed by atoms with van der Waals surface area (Å²) in [7, 11) is 3.57. The Hall–Kier alpha value is -1.71. The van der Waals surface area contributed by atoms with E-state index in [9.17, 15) is 5.11 Å². The molecule has 0 atom stereocenters. The molecule has 0 bridgehead atoms. The second kappa shape index (κ2) is 5.95. The van der Waals surface area contributed by atoms with Crippen LogP contribution in [0.5, 0.6) is 5.75 Å². The average molecular weight is 278 g/mol. The minimum absolute atomic E-state index is 0.0270. The van der Waals surface area contributed by atoms with Crippen LogP contribution in [0.1, 0.15) is 5.56 Å². The molecule has 2 aromatic carbocycles. The molecule has 0 saturated carbocycles. The first-order chi connectivity index (χ1) is 9.15. The summed E-state index contributed by atoms with van der Waals surface area (Å²) in [5.74, 6) is 0.789. The maximum atomic E-state index is 9.41. The van der Waals surface area contributed by atoms with E-state index >= 15 is 0 Å². The van der Waals surface area contributed by atoms with Crippen LogP contribution >= 0.6 is 11.6 Å². The smallest absolute Gasteiger partial charge is 0.120 e. The van der Waals surface area contributed by atoms with Crippen molar-refractivity contribution in [1.82, 2.24) is 0 Å². The molecule has 2 rings (SSSR count). The molecular formula is C15H16ClNO2. The van der Waals surface area contributed by atoms with Gasteiger partial charge < -0.3 is 14.7 Å². The van der Waals surface area contributed by atoms with Gasteiger partial charge in [0, 0.05) is 35.1 Å². The van der Waals surface area contributed by atoms with Crippen LogP contribution in [0.25, 0.3) is 0 Å². The fraction of sp³-hybridized carbons (Fsp3) is 0.200. The number of aliphatic hydroxyl groups excluding tert-OH is 1. The average Bonchev–Trinajstić information content (AvgIpc) is 2.46. The standard InChI is InChI=1S/C15H16ClNO2/c1-17(13-4-3-5-14(9-13)19-2)15-8-12(16)7-6-11(15)10-18/h3-9,18H,10H2,1-2H3.